The molecule has 0 aliphatic rings. The molecule has 0 aliphatic heterocycles. The van der Waals surface area contributed by atoms with Crippen LogP contribution in [0.4, 0.5) is 20.2 Å². The Balaban J connectivity index is 1.75. The minimum atomic E-state index is -2.79. The number of aldehydes is 1. The number of hydrogen-bond donors (Lipinski definition) is 5. The van der Waals surface area contributed by atoms with Crippen LogP contribution in [-0.4, -0.2) is 68.8 Å². The Morgan fingerprint density at radius 2 is 1.64 bits per heavy atom. The van der Waals surface area contributed by atoms with E-state index in [0.29, 0.717) is 11.8 Å². The number of imidazole rings is 1. The van der Waals surface area contributed by atoms with Gasteiger partial charge in [-0.2, -0.15) is 0 Å². The van der Waals surface area contributed by atoms with Gasteiger partial charge in [0.25, 0.3) is 5.91 Å². The van der Waals surface area contributed by atoms with Gasteiger partial charge in [0.2, 0.25) is 0 Å². The maximum atomic E-state index is 15.6. The van der Waals surface area contributed by atoms with E-state index in [1.54, 1.807) is 15.5 Å². The summed E-state index contributed by atoms with van der Waals surface area (Å²) in [5, 5.41) is -0.169. The predicted molar refractivity (Wildman–Crippen MR) is 187 cm³/mol. The van der Waals surface area contributed by atoms with Crippen molar-refractivity contribution in [1.29, 1.82) is 0 Å². The quantitative estimate of drug-likeness (QED) is 0.0639. The van der Waals surface area contributed by atoms with Crippen LogP contribution in [-0.2, 0) is 13.1 Å². The fourth-order valence-electron chi connectivity index (χ4n) is 5.76. The summed E-state index contributed by atoms with van der Waals surface area (Å²) in [4.78, 5) is 75.2. The molecular formula is C33H31F2N5O8P2. The van der Waals surface area contributed by atoms with E-state index in [4.69, 9.17) is 15.2 Å². The van der Waals surface area contributed by atoms with Crippen LogP contribution < -0.4 is 30.7 Å². The molecule has 1 aromatic heterocycles. The van der Waals surface area contributed by atoms with E-state index in [9.17, 15) is 29.2 Å². The number of methoxy groups -OCH3 is 2. The van der Waals surface area contributed by atoms with Crippen LogP contribution in [0.25, 0.3) is 22.4 Å². The van der Waals surface area contributed by atoms with Crippen molar-refractivity contribution in [3.05, 3.63) is 89.0 Å². The van der Waals surface area contributed by atoms with Gasteiger partial charge in [0.1, 0.15) is 28.7 Å². The van der Waals surface area contributed by atoms with Gasteiger partial charge < -0.3 is 44.2 Å². The number of benzene rings is 4. The van der Waals surface area contributed by atoms with Gasteiger partial charge in [-0.25, -0.2) is 13.8 Å². The highest BCUT2D eigenvalue weighted by Crippen LogP contribution is 2.42. The fraction of sp³-hybridized carbons (Fsp3) is 0.152. The number of nitrogens with two attached hydrogens (primary N) is 1. The lowest BCUT2D eigenvalue weighted by molar-refractivity contribution is 0.0997. The minimum Gasteiger partial charge on any atom is -0.494 e. The Bertz CT molecular complexity index is 2110. The second-order valence-corrected chi connectivity index (χ2v) is 12.8. The number of fused-ring (bicyclic) bond motifs is 1. The first kappa shape index (κ1) is 36.4. The lowest BCUT2D eigenvalue weighted by Gasteiger charge is -2.29. The molecule has 0 saturated heterocycles. The fourth-order valence-corrected chi connectivity index (χ4v) is 7.03. The van der Waals surface area contributed by atoms with Crippen LogP contribution in [0.5, 0.6) is 11.5 Å². The largest absolute Gasteiger partial charge is 0.494 e. The van der Waals surface area contributed by atoms with E-state index in [1.165, 1.54) is 62.8 Å². The van der Waals surface area contributed by atoms with Crippen molar-refractivity contribution in [1.82, 2.24) is 9.55 Å². The molecule has 0 unspecified atom stereocenters. The Hall–Kier alpha value is -4.88. The molecule has 0 fully saturated rings. The first-order chi connectivity index (χ1) is 24.0. The van der Waals surface area contributed by atoms with Gasteiger partial charge in [-0.05, 0) is 55.2 Å². The zero-order valence-corrected chi connectivity index (χ0v) is 28.4. The standard InChI is InChI=1S/C33H31F2N5O8P2/c1-37-28-23(13-11-19(32(36)42)31(28)48-3)39(16-20-21(34)6-4-8-25(20)49(43)44)14-15-40-24-12-10-18(17-41)30(47-2)29(24)38-33(40)27-22(35)7-5-9-26(27)50(45)46/h4-13,17,43-46H,1,14-16H2,2-3H3,(H2,36,42). The maximum Gasteiger partial charge on any atom is 0.252 e. The van der Waals surface area contributed by atoms with Crippen molar-refractivity contribution in [2.45, 2.75) is 13.1 Å². The summed E-state index contributed by atoms with van der Waals surface area (Å²) < 4.78 is 43.6. The number of anilines is 1. The zero-order chi connectivity index (χ0) is 36.3. The molecular weight excluding hydrogens is 694 g/mol. The van der Waals surface area contributed by atoms with Crippen molar-refractivity contribution in [3.63, 3.8) is 0 Å². The number of rotatable bonds is 14. The first-order valence-electron chi connectivity index (χ1n) is 14.6. The second kappa shape index (κ2) is 15.3. The number of hydrogen-bond acceptors (Lipinski definition) is 11. The number of carbonyl (C=O) groups is 2. The lowest BCUT2D eigenvalue weighted by Crippen LogP contribution is -2.30. The molecule has 1 amide bonds. The van der Waals surface area contributed by atoms with Crippen LogP contribution in [0, 0.1) is 11.6 Å². The van der Waals surface area contributed by atoms with Crippen molar-refractivity contribution in [2.24, 2.45) is 10.7 Å². The van der Waals surface area contributed by atoms with E-state index in [0.717, 1.165) is 6.07 Å². The Labute approximate surface area is 286 Å². The summed E-state index contributed by atoms with van der Waals surface area (Å²) >= 11 is 0. The zero-order valence-electron chi connectivity index (χ0n) is 26.6. The predicted octanol–water partition coefficient (Wildman–Crippen LogP) is 3.79. The van der Waals surface area contributed by atoms with Crippen LogP contribution >= 0.6 is 16.8 Å². The van der Waals surface area contributed by atoms with Crippen LogP contribution in [0.2, 0.25) is 0 Å². The van der Waals surface area contributed by atoms with Crippen molar-refractivity contribution < 1.29 is 47.4 Å². The number of halogens is 2. The number of amides is 1. The van der Waals surface area contributed by atoms with Crippen LogP contribution in [0.15, 0.2) is 65.7 Å². The smallest absolute Gasteiger partial charge is 0.252 e. The highest BCUT2D eigenvalue weighted by Gasteiger charge is 2.27. The molecule has 0 radical (unpaired) electrons. The Morgan fingerprint density at radius 1 is 0.980 bits per heavy atom. The van der Waals surface area contributed by atoms with E-state index >= 15 is 8.78 Å². The molecule has 0 saturated carbocycles. The summed E-state index contributed by atoms with van der Waals surface area (Å²) in [6.07, 6.45) is 0.573. The molecule has 13 nitrogen and oxygen atoms in total. The van der Waals surface area contributed by atoms with Crippen LogP contribution in [0.3, 0.4) is 0 Å². The van der Waals surface area contributed by atoms with Gasteiger partial charge in [0.15, 0.2) is 34.5 Å². The van der Waals surface area contributed by atoms with E-state index < -0.39 is 34.3 Å². The molecule has 17 heteroatoms. The number of primary amides is 1. The summed E-state index contributed by atoms with van der Waals surface area (Å²) in [6, 6.07) is 13.7. The van der Waals surface area contributed by atoms with Gasteiger partial charge in [-0.15, -0.1) is 0 Å². The molecule has 5 rings (SSSR count). The van der Waals surface area contributed by atoms with E-state index in [2.05, 4.69) is 16.7 Å². The number of aliphatic imine (C=N–C) groups is 1. The number of nitrogens with zero attached hydrogens (tertiary/aromatic N) is 4. The Morgan fingerprint density at radius 3 is 2.24 bits per heavy atom. The van der Waals surface area contributed by atoms with E-state index in [-0.39, 0.29) is 86.7 Å². The SMILES string of the molecule is C=Nc1c(N(CCn2c(-c3c(F)cccc3P(O)O)nc3c(OC)c(C=O)ccc32)Cc2c(F)cccc2P(O)O)ccc(C(N)=O)c1OC. The molecule has 5 aromatic rings. The van der Waals surface area contributed by atoms with Crippen molar-refractivity contribution in [3.8, 4) is 22.9 Å². The summed E-state index contributed by atoms with van der Waals surface area (Å²) in [5.74, 6) is -2.28. The third kappa shape index (κ3) is 6.79. The van der Waals surface area contributed by atoms with Gasteiger partial charge >= 0.3 is 0 Å². The van der Waals surface area contributed by atoms with Crippen molar-refractivity contribution in [2.75, 3.05) is 25.7 Å². The topological polar surface area (TPSA) is 193 Å². The maximum absolute atomic E-state index is 15.6. The monoisotopic (exact) mass is 725 g/mol. The highest BCUT2D eigenvalue weighted by atomic mass is 31.2. The molecule has 0 atom stereocenters. The third-order valence-corrected chi connectivity index (χ3v) is 9.65. The van der Waals surface area contributed by atoms with Crippen molar-refractivity contribution >= 4 is 68.7 Å². The van der Waals surface area contributed by atoms with Crippen LogP contribution in [0.1, 0.15) is 26.3 Å². The average molecular weight is 726 g/mol. The number of carbonyl (C=O) groups excluding carboxylic acids is 2. The number of ether oxygens (including phenoxy) is 2. The molecule has 260 valence electrons. The van der Waals surface area contributed by atoms with Gasteiger partial charge in [-0.1, -0.05) is 12.1 Å². The van der Waals surface area contributed by atoms with Gasteiger partial charge in [-0.3, -0.25) is 14.6 Å². The van der Waals surface area contributed by atoms with Gasteiger partial charge in [0.05, 0.1) is 42.1 Å². The third-order valence-electron chi connectivity index (χ3n) is 8.00. The van der Waals surface area contributed by atoms with Gasteiger partial charge in [0, 0.05) is 35.8 Å². The highest BCUT2D eigenvalue weighted by molar-refractivity contribution is 7.54. The first-order valence-corrected chi connectivity index (χ1v) is 17.1. The Kier molecular flexibility index (Phi) is 11.2. The minimum absolute atomic E-state index is 0.00280. The molecule has 6 N–H and O–H groups in total. The summed E-state index contributed by atoms with van der Waals surface area (Å²) in [5.41, 5.74) is 6.39. The molecule has 1 heterocycles. The molecule has 0 spiro atoms. The molecule has 4 aromatic carbocycles. The average Bonchev–Trinajstić information content (AvgIpc) is 3.46. The molecule has 50 heavy (non-hydrogen) atoms. The van der Waals surface area contributed by atoms with E-state index in [1.807, 2.05) is 0 Å². The normalized spacial score (nSPS) is 11.3. The summed E-state index contributed by atoms with van der Waals surface area (Å²) in [6.45, 7) is 3.26. The second-order valence-electron chi connectivity index (χ2n) is 10.7. The number of aromatic nitrogens is 2. The summed E-state index contributed by atoms with van der Waals surface area (Å²) in [7, 11) is -2.88. The molecule has 0 aliphatic carbocycles. The molecule has 0 bridgehead atoms. The lowest BCUT2D eigenvalue weighted by atomic mass is 10.1.